The van der Waals surface area contributed by atoms with Crippen LogP contribution in [0.1, 0.15) is 19.0 Å². The molecule has 0 unspecified atom stereocenters. The van der Waals surface area contributed by atoms with Crippen molar-refractivity contribution in [1.82, 2.24) is 14.8 Å². The second kappa shape index (κ2) is 6.90. The topological polar surface area (TPSA) is 48.5 Å². The lowest BCUT2D eigenvalue weighted by Crippen LogP contribution is -2.33. The number of pyridine rings is 1. The Morgan fingerprint density at radius 2 is 2.15 bits per heavy atom. The van der Waals surface area contributed by atoms with Gasteiger partial charge in [-0.25, -0.2) is 4.98 Å². The van der Waals surface area contributed by atoms with Crippen molar-refractivity contribution < 1.29 is 4.79 Å². The van der Waals surface area contributed by atoms with E-state index in [2.05, 4.69) is 15.2 Å². The van der Waals surface area contributed by atoms with Gasteiger partial charge in [0.1, 0.15) is 5.82 Å². The maximum atomic E-state index is 11.4. The number of aromatic nitrogens is 1. The van der Waals surface area contributed by atoms with E-state index in [1.807, 2.05) is 24.1 Å². The molecule has 1 aromatic heterocycles. The smallest absolute Gasteiger partial charge is 0.219 e. The average molecular weight is 297 g/mol. The highest BCUT2D eigenvalue weighted by Crippen LogP contribution is 2.19. The van der Waals surface area contributed by atoms with E-state index in [4.69, 9.17) is 11.6 Å². The molecule has 1 N–H and O–H groups in total. The number of carbonyl (C=O) groups excluding carboxylic acids is 1. The Morgan fingerprint density at radius 1 is 1.35 bits per heavy atom. The fraction of sp³-hybridized carbons (Fsp3) is 0.571. The molecule has 110 valence electrons. The highest BCUT2D eigenvalue weighted by molar-refractivity contribution is 6.31. The quantitative estimate of drug-likeness (QED) is 0.924. The highest BCUT2D eigenvalue weighted by Gasteiger charge is 2.17. The third-order valence-electron chi connectivity index (χ3n) is 3.58. The molecule has 0 bridgehead atoms. The Bertz CT molecular complexity index is 480. The number of rotatable bonds is 3. The third-order valence-corrected chi connectivity index (χ3v) is 3.93. The second-order valence-corrected chi connectivity index (χ2v) is 5.42. The fourth-order valence-electron chi connectivity index (χ4n) is 2.39. The van der Waals surface area contributed by atoms with E-state index in [9.17, 15) is 4.79 Å². The van der Waals surface area contributed by atoms with Gasteiger partial charge in [-0.1, -0.05) is 11.6 Å². The van der Waals surface area contributed by atoms with Gasteiger partial charge in [-0.05, 0) is 18.6 Å². The number of halogens is 1. The van der Waals surface area contributed by atoms with Crippen molar-refractivity contribution in [3.63, 3.8) is 0 Å². The summed E-state index contributed by atoms with van der Waals surface area (Å²) < 4.78 is 0. The van der Waals surface area contributed by atoms with Gasteiger partial charge < -0.3 is 10.2 Å². The lowest BCUT2D eigenvalue weighted by atomic mass is 10.3. The standard InChI is InChI=1S/C14H21ClN4O/c1-11(20)19-7-3-6-18(8-9-19)10-13-12(15)4-5-14(16-2)17-13/h4-5H,3,6-10H2,1-2H3,(H,16,17). The molecule has 20 heavy (non-hydrogen) atoms. The molecule has 5 nitrogen and oxygen atoms in total. The van der Waals surface area contributed by atoms with E-state index in [0.29, 0.717) is 5.02 Å². The first-order valence-electron chi connectivity index (χ1n) is 6.91. The Morgan fingerprint density at radius 3 is 2.85 bits per heavy atom. The van der Waals surface area contributed by atoms with E-state index in [1.165, 1.54) is 0 Å². The number of hydrogen-bond donors (Lipinski definition) is 1. The normalized spacial score (nSPS) is 16.9. The van der Waals surface area contributed by atoms with Crippen molar-refractivity contribution in [3.05, 3.63) is 22.8 Å². The minimum atomic E-state index is 0.153. The summed E-state index contributed by atoms with van der Waals surface area (Å²) in [5.74, 6) is 0.977. The zero-order chi connectivity index (χ0) is 14.5. The monoisotopic (exact) mass is 296 g/mol. The molecule has 2 rings (SSSR count). The minimum absolute atomic E-state index is 0.153. The van der Waals surface area contributed by atoms with Crippen LogP contribution in [0.15, 0.2) is 12.1 Å². The van der Waals surface area contributed by atoms with Crippen LogP contribution in [-0.4, -0.2) is 53.9 Å². The maximum absolute atomic E-state index is 11.4. The molecule has 6 heteroatoms. The molecule has 1 saturated heterocycles. The van der Waals surface area contributed by atoms with Gasteiger partial charge in [-0.15, -0.1) is 0 Å². The molecular formula is C14H21ClN4O. The van der Waals surface area contributed by atoms with Crippen LogP contribution in [0.5, 0.6) is 0 Å². The lowest BCUT2D eigenvalue weighted by molar-refractivity contribution is -0.128. The number of nitrogens with zero attached hydrogens (tertiary/aromatic N) is 3. The average Bonchev–Trinajstić information content (AvgIpc) is 2.67. The molecule has 1 amide bonds. The molecule has 0 aromatic carbocycles. The number of amides is 1. The fourth-order valence-corrected chi connectivity index (χ4v) is 2.56. The molecule has 1 aliphatic rings. The van der Waals surface area contributed by atoms with Gasteiger partial charge in [0.15, 0.2) is 0 Å². The van der Waals surface area contributed by atoms with E-state index >= 15 is 0 Å². The molecule has 1 fully saturated rings. The number of carbonyl (C=O) groups is 1. The molecule has 1 aromatic rings. The van der Waals surface area contributed by atoms with Crippen molar-refractivity contribution in [2.75, 3.05) is 38.5 Å². The molecule has 0 radical (unpaired) electrons. The summed E-state index contributed by atoms with van der Waals surface area (Å²) in [6.07, 6.45) is 0.989. The van der Waals surface area contributed by atoms with E-state index in [1.54, 1.807) is 6.92 Å². The zero-order valence-electron chi connectivity index (χ0n) is 12.0. The number of anilines is 1. The zero-order valence-corrected chi connectivity index (χ0v) is 12.8. The van der Waals surface area contributed by atoms with E-state index < -0.39 is 0 Å². The van der Waals surface area contributed by atoms with Crippen molar-refractivity contribution in [1.29, 1.82) is 0 Å². The van der Waals surface area contributed by atoms with Crippen molar-refractivity contribution >= 4 is 23.3 Å². The van der Waals surface area contributed by atoms with Crippen LogP contribution in [0.3, 0.4) is 0 Å². The summed E-state index contributed by atoms with van der Waals surface area (Å²) in [7, 11) is 1.84. The summed E-state index contributed by atoms with van der Waals surface area (Å²) in [5, 5.41) is 3.72. The summed E-state index contributed by atoms with van der Waals surface area (Å²) in [6, 6.07) is 3.74. The number of nitrogens with one attached hydrogen (secondary N) is 1. The predicted octanol–water partition coefficient (Wildman–Crippen LogP) is 1.83. The van der Waals surface area contributed by atoms with Crippen LogP contribution in [0, 0.1) is 0 Å². The van der Waals surface area contributed by atoms with Crippen LogP contribution in [0.4, 0.5) is 5.82 Å². The number of hydrogen-bond acceptors (Lipinski definition) is 4. The van der Waals surface area contributed by atoms with Crippen molar-refractivity contribution in [2.24, 2.45) is 0 Å². The second-order valence-electron chi connectivity index (χ2n) is 5.01. The predicted molar refractivity (Wildman–Crippen MR) is 80.9 cm³/mol. The van der Waals surface area contributed by atoms with Gasteiger partial charge in [0.25, 0.3) is 0 Å². The third kappa shape index (κ3) is 3.84. The first-order valence-corrected chi connectivity index (χ1v) is 7.29. The minimum Gasteiger partial charge on any atom is -0.373 e. The highest BCUT2D eigenvalue weighted by atomic mass is 35.5. The van der Waals surface area contributed by atoms with Gasteiger partial charge >= 0.3 is 0 Å². The molecule has 2 heterocycles. The summed E-state index contributed by atoms with van der Waals surface area (Å²) in [6.45, 7) is 5.79. The van der Waals surface area contributed by atoms with E-state index in [-0.39, 0.29) is 5.91 Å². The summed E-state index contributed by atoms with van der Waals surface area (Å²) in [5.41, 5.74) is 0.884. The van der Waals surface area contributed by atoms with Gasteiger partial charge in [0.2, 0.25) is 5.91 Å². The molecule has 1 aliphatic heterocycles. The van der Waals surface area contributed by atoms with Gasteiger partial charge in [-0.2, -0.15) is 0 Å². The van der Waals surface area contributed by atoms with Crippen molar-refractivity contribution in [2.45, 2.75) is 19.9 Å². The van der Waals surface area contributed by atoms with Gasteiger partial charge in [-0.3, -0.25) is 9.69 Å². The summed E-state index contributed by atoms with van der Waals surface area (Å²) >= 11 is 6.21. The first kappa shape index (κ1) is 15.1. The molecule has 0 atom stereocenters. The first-order chi connectivity index (χ1) is 9.60. The van der Waals surface area contributed by atoms with Crippen molar-refractivity contribution in [3.8, 4) is 0 Å². The maximum Gasteiger partial charge on any atom is 0.219 e. The SMILES string of the molecule is CNc1ccc(Cl)c(CN2CCCN(C(C)=O)CC2)n1. The lowest BCUT2D eigenvalue weighted by Gasteiger charge is -2.21. The molecule has 0 saturated carbocycles. The Hall–Kier alpha value is -1.33. The Balaban J connectivity index is 2.01. The largest absolute Gasteiger partial charge is 0.373 e. The van der Waals surface area contributed by atoms with Crippen LogP contribution in [-0.2, 0) is 11.3 Å². The van der Waals surface area contributed by atoms with Gasteiger partial charge in [0.05, 0.1) is 10.7 Å². The Labute approximate surface area is 124 Å². The Kier molecular flexibility index (Phi) is 5.20. The van der Waals surface area contributed by atoms with Crippen LogP contribution in [0.25, 0.3) is 0 Å². The molecule has 0 spiro atoms. The van der Waals surface area contributed by atoms with E-state index in [0.717, 1.165) is 50.7 Å². The molecule has 0 aliphatic carbocycles. The van der Waals surface area contributed by atoms with Crippen LogP contribution >= 0.6 is 11.6 Å². The summed E-state index contributed by atoms with van der Waals surface area (Å²) in [4.78, 5) is 20.1. The van der Waals surface area contributed by atoms with Gasteiger partial charge in [0, 0.05) is 46.7 Å². The van der Waals surface area contributed by atoms with Crippen LogP contribution in [0.2, 0.25) is 5.02 Å². The molecular weight excluding hydrogens is 276 g/mol. The van der Waals surface area contributed by atoms with Crippen LogP contribution < -0.4 is 5.32 Å².